The third-order valence-corrected chi connectivity index (χ3v) is 4.71. The van der Waals surface area contributed by atoms with Gasteiger partial charge in [-0.3, -0.25) is 9.36 Å². The molecule has 0 bridgehead atoms. The lowest BCUT2D eigenvalue weighted by Crippen LogP contribution is -2.07. The molecule has 3 aromatic rings. The van der Waals surface area contributed by atoms with Gasteiger partial charge < -0.3 is 9.84 Å². The lowest BCUT2D eigenvalue weighted by molar-refractivity contribution is -0.133. The standard InChI is InChI=1S/C17H13Cl2N3O3S/c18-11-1-5-13(6-2-11)22-15(20-21-17(22)26-10-16(23)24)9-25-14-7-3-12(19)4-8-14/h1-8H,9-10H2,(H,23,24). The molecule has 0 atom stereocenters. The highest BCUT2D eigenvalue weighted by atomic mass is 35.5. The summed E-state index contributed by atoms with van der Waals surface area (Å²) in [7, 11) is 0. The van der Waals surface area contributed by atoms with Gasteiger partial charge in [0.05, 0.1) is 5.75 Å². The predicted molar refractivity (Wildman–Crippen MR) is 101 cm³/mol. The minimum atomic E-state index is -0.931. The third-order valence-electron chi connectivity index (χ3n) is 3.29. The van der Waals surface area contributed by atoms with Crippen LogP contribution < -0.4 is 4.74 Å². The maximum Gasteiger partial charge on any atom is 0.313 e. The van der Waals surface area contributed by atoms with Gasteiger partial charge in [0, 0.05) is 15.7 Å². The third kappa shape index (κ3) is 4.69. The Labute approximate surface area is 163 Å². The first kappa shape index (κ1) is 18.6. The van der Waals surface area contributed by atoms with Crippen molar-refractivity contribution in [1.29, 1.82) is 0 Å². The first-order valence-corrected chi connectivity index (χ1v) is 9.20. The van der Waals surface area contributed by atoms with E-state index >= 15 is 0 Å². The predicted octanol–water partition coefficient (Wildman–Crippen LogP) is 4.33. The molecule has 0 aliphatic heterocycles. The molecule has 0 aliphatic rings. The summed E-state index contributed by atoms with van der Waals surface area (Å²) in [6.45, 7) is 0.158. The molecule has 2 aromatic carbocycles. The summed E-state index contributed by atoms with van der Waals surface area (Å²) < 4.78 is 7.49. The number of aromatic nitrogens is 3. The topological polar surface area (TPSA) is 77.2 Å². The van der Waals surface area contributed by atoms with Crippen LogP contribution in [0.25, 0.3) is 5.69 Å². The fourth-order valence-electron chi connectivity index (χ4n) is 2.14. The fourth-order valence-corrected chi connectivity index (χ4v) is 3.08. The minimum absolute atomic E-state index is 0.121. The molecule has 1 aromatic heterocycles. The number of nitrogens with zero attached hydrogens (tertiary/aromatic N) is 3. The van der Waals surface area contributed by atoms with Gasteiger partial charge in [-0.2, -0.15) is 0 Å². The van der Waals surface area contributed by atoms with E-state index in [-0.39, 0.29) is 12.4 Å². The molecule has 0 spiro atoms. The van der Waals surface area contributed by atoms with Crippen LogP contribution in [0.2, 0.25) is 10.0 Å². The summed E-state index contributed by atoms with van der Waals surface area (Å²) in [5, 5.41) is 18.8. The normalized spacial score (nSPS) is 10.7. The van der Waals surface area contributed by atoms with Crippen molar-refractivity contribution in [2.45, 2.75) is 11.8 Å². The molecular formula is C17H13Cl2N3O3S. The zero-order valence-electron chi connectivity index (χ0n) is 13.3. The highest BCUT2D eigenvalue weighted by Crippen LogP contribution is 2.24. The molecule has 0 saturated carbocycles. The van der Waals surface area contributed by atoms with Crippen molar-refractivity contribution in [1.82, 2.24) is 14.8 Å². The van der Waals surface area contributed by atoms with Crippen molar-refractivity contribution >= 4 is 40.9 Å². The van der Waals surface area contributed by atoms with E-state index in [1.165, 1.54) is 0 Å². The van der Waals surface area contributed by atoms with E-state index < -0.39 is 5.97 Å². The molecular weight excluding hydrogens is 397 g/mol. The smallest absolute Gasteiger partial charge is 0.313 e. The number of carboxylic acids is 1. The Balaban J connectivity index is 1.87. The summed E-state index contributed by atoms with van der Waals surface area (Å²) in [5.74, 6) is 0.124. The second-order valence-corrected chi connectivity index (χ2v) is 6.95. The number of carbonyl (C=O) groups is 1. The number of thioether (sulfide) groups is 1. The maximum absolute atomic E-state index is 10.9. The Bertz CT molecular complexity index is 899. The van der Waals surface area contributed by atoms with E-state index in [4.69, 9.17) is 33.0 Å². The van der Waals surface area contributed by atoms with E-state index in [0.29, 0.717) is 26.8 Å². The zero-order valence-corrected chi connectivity index (χ0v) is 15.6. The summed E-state index contributed by atoms with van der Waals surface area (Å²) >= 11 is 12.9. The summed E-state index contributed by atoms with van der Waals surface area (Å²) in [5.41, 5.74) is 0.766. The molecule has 0 amide bonds. The van der Waals surface area contributed by atoms with Gasteiger partial charge in [0.15, 0.2) is 11.0 Å². The Morgan fingerprint density at radius 2 is 1.65 bits per heavy atom. The van der Waals surface area contributed by atoms with Crippen molar-refractivity contribution in [3.8, 4) is 11.4 Å². The first-order valence-electron chi connectivity index (χ1n) is 7.46. The van der Waals surface area contributed by atoms with Crippen LogP contribution in [0.1, 0.15) is 5.82 Å². The molecule has 3 rings (SSSR count). The van der Waals surface area contributed by atoms with Gasteiger partial charge in [0.1, 0.15) is 12.4 Å². The van der Waals surface area contributed by atoms with Crippen LogP contribution >= 0.6 is 35.0 Å². The van der Waals surface area contributed by atoms with Crippen LogP contribution in [0.15, 0.2) is 53.7 Å². The molecule has 0 unspecified atom stereocenters. The van der Waals surface area contributed by atoms with Crippen LogP contribution in [-0.4, -0.2) is 31.6 Å². The second kappa shape index (κ2) is 8.44. The van der Waals surface area contributed by atoms with Crippen LogP contribution in [0, 0.1) is 0 Å². The van der Waals surface area contributed by atoms with Gasteiger partial charge in [0.25, 0.3) is 0 Å². The average Bonchev–Trinajstić information content (AvgIpc) is 3.03. The highest BCUT2D eigenvalue weighted by molar-refractivity contribution is 7.99. The van der Waals surface area contributed by atoms with E-state index in [2.05, 4.69) is 10.2 Å². The second-order valence-electron chi connectivity index (χ2n) is 5.14. The molecule has 0 saturated heterocycles. The van der Waals surface area contributed by atoms with Gasteiger partial charge in [-0.05, 0) is 48.5 Å². The SMILES string of the molecule is O=C(O)CSc1nnc(COc2ccc(Cl)cc2)n1-c1ccc(Cl)cc1. The van der Waals surface area contributed by atoms with Gasteiger partial charge >= 0.3 is 5.97 Å². The van der Waals surface area contributed by atoms with E-state index in [1.54, 1.807) is 41.0 Å². The van der Waals surface area contributed by atoms with Crippen molar-refractivity contribution in [3.05, 3.63) is 64.4 Å². The highest BCUT2D eigenvalue weighted by Gasteiger charge is 2.16. The molecule has 26 heavy (non-hydrogen) atoms. The number of carboxylic acid groups (broad SMARTS) is 1. The van der Waals surface area contributed by atoms with Crippen molar-refractivity contribution < 1.29 is 14.6 Å². The molecule has 9 heteroatoms. The van der Waals surface area contributed by atoms with Crippen molar-refractivity contribution in [2.24, 2.45) is 0 Å². The molecule has 1 N–H and O–H groups in total. The summed E-state index contributed by atoms with van der Waals surface area (Å²) in [6.07, 6.45) is 0. The largest absolute Gasteiger partial charge is 0.486 e. The number of aliphatic carboxylic acids is 1. The van der Waals surface area contributed by atoms with Crippen LogP contribution in [-0.2, 0) is 11.4 Å². The number of hydrogen-bond acceptors (Lipinski definition) is 5. The van der Waals surface area contributed by atoms with Crippen LogP contribution in [0.5, 0.6) is 5.75 Å². The van der Waals surface area contributed by atoms with Gasteiger partial charge in [-0.25, -0.2) is 0 Å². The first-order chi connectivity index (χ1) is 12.5. The van der Waals surface area contributed by atoms with Gasteiger partial charge in [0.2, 0.25) is 0 Å². The summed E-state index contributed by atoms with van der Waals surface area (Å²) in [4.78, 5) is 10.9. The van der Waals surface area contributed by atoms with Gasteiger partial charge in [-0.15, -0.1) is 10.2 Å². The lowest BCUT2D eigenvalue weighted by atomic mass is 10.3. The Morgan fingerprint density at radius 3 is 2.27 bits per heavy atom. The minimum Gasteiger partial charge on any atom is -0.486 e. The zero-order chi connectivity index (χ0) is 18.5. The Kier molecular flexibility index (Phi) is 6.03. The Hall–Kier alpha value is -2.22. The molecule has 0 fully saturated rings. The van der Waals surface area contributed by atoms with Crippen LogP contribution in [0.4, 0.5) is 0 Å². The average molecular weight is 410 g/mol. The summed E-state index contributed by atoms with van der Waals surface area (Å²) in [6, 6.07) is 14.1. The van der Waals surface area contributed by atoms with Crippen LogP contribution in [0.3, 0.4) is 0 Å². The van der Waals surface area contributed by atoms with E-state index in [0.717, 1.165) is 17.4 Å². The number of ether oxygens (including phenoxy) is 1. The molecule has 134 valence electrons. The van der Waals surface area contributed by atoms with Gasteiger partial charge in [-0.1, -0.05) is 35.0 Å². The monoisotopic (exact) mass is 409 g/mol. The van der Waals surface area contributed by atoms with Crippen molar-refractivity contribution in [3.63, 3.8) is 0 Å². The number of benzene rings is 2. The van der Waals surface area contributed by atoms with E-state index in [1.807, 2.05) is 12.1 Å². The molecule has 0 aliphatic carbocycles. The molecule has 1 heterocycles. The number of rotatable bonds is 7. The lowest BCUT2D eigenvalue weighted by Gasteiger charge is -2.11. The molecule has 0 radical (unpaired) electrons. The number of hydrogen-bond donors (Lipinski definition) is 1. The van der Waals surface area contributed by atoms with Crippen molar-refractivity contribution in [2.75, 3.05) is 5.75 Å². The molecule has 6 nitrogen and oxygen atoms in total. The van der Waals surface area contributed by atoms with E-state index in [9.17, 15) is 4.79 Å². The quantitative estimate of drug-likeness (QED) is 0.585. The number of halogens is 2. The fraction of sp³-hybridized carbons (Fsp3) is 0.118. The maximum atomic E-state index is 10.9. The Morgan fingerprint density at radius 1 is 1.04 bits per heavy atom.